The first-order valence-electron chi connectivity index (χ1n) is 7.62. The zero-order chi connectivity index (χ0) is 15.5. The normalized spacial score (nSPS) is 22.2. The van der Waals surface area contributed by atoms with Gasteiger partial charge in [0.05, 0.1) is 11.4 Å². The summed E-state index contributed by atoms with van der Waals surface area (Å²) in [6, 6.07) is 6.91. The van der Waals surface area contributed by atoms with Gasteiger partial charge in [-0.1, -0.05) is 17.3 Å². The highest BCUT2D eigenvalue weighted by atomic mass is 19.1. The Bertz CT molecular complexity index is 583. The number of benzene rings is 1. The minimum atomic E-state index is -0.496. The molecule has 118 valence electrons. The number of carbonyl (C=O) groups excluding carboxylic acids is 1. The monoisotopic (exact) mass is 305 g/mol. The van der Waals surface area contributed by atoms with Crippen molar-refractivity contribution >= 4 is 17.3 Å². The molecule has 0 aromatic heterocycles. The number of oxime groups is 1. The lowest BCUT2D eigenvalue weighted by molar-refractivity contribution is -0.132. The number of hydrogen-bond acceptors (Lipinski definition) is 4. The molecule has 3 rings (SSSR count). The number of nitrogens with zero attached hydrogens (tertiary/aromatic N) is 2. The molecule has 5 nitrogen and oxygen atoms in total. The van der Waals surface area contributed by atoms with Gasteiger partial charge in [0.25, 0.3) is 5.91 Å². The average Bonchev–Trinajstić information content (AvgIpc) is 2.95. The van der Waals surface area contributed by atoms with Crippen LogP contribution in [0.5, 0.6) is 0 Å². The van der Waals surface area contributed by atoms with Gasteiger partial charge in [0.1, 0.15) is 5.82 Å². The molecule has 0 radical (unpaired) electrons. The molecule has 1 saturated heterocycles. The Morgan fingerprint density at radius 3 is 2.73 bits per heavy atom. The van der Waals surface area contributed by atoms with E-state index in [-0.39, 0.29) is 17.8 Å². The van der Waals surface area contributed by atoms with Crippen LogP contribution in [0.15, 0.2) is 29.4 Å². The van der Waals surface area contributed by atoms with Crippen LogP contribution in [0.4, 0.5) is 10.1 Å². The van der Waals surface area contributed by atoms with Gasteiger partial charge < -0.3 is 15.1 Å². The molecule has 2 heterocycles. The molecule has 1 fully saturated rings. The van der Waals surface area contributed by atoms with Crippen LogP contribution in [0.3, 0.4) is 0 Å². The molecular formula is C16H20FN3O2. The van der Waals surface area contributed by atoms with Crippen molar-refractivity contribution in [3.8, 4) is 0 Å². The predicted octanol–water partition coefficient (Wildman–Crippen LogP) is 2.08. The Balaban J connectivity index is 1.50. The third-order valence-corrected chi connectivity index (χ3v) is 4.14. The topological polar surface area (TPSA) is 53.9 Å². The first-order valence-corrected chi connectivity index (χ1v) is 7.62. The Hall–Kier alpha value is -2.11. The fourth-order valence-electron chi connectivity index (χ4n) is 2.90. The maximum atomic E-state index is 13.8. The van der Waals surface area contributed by atoms with Gasteiger partial charge in [-0.05, 0) is 31.9 Å². The third-order valence-electron chi connectivity index (χ3n) is 4.14. The number of amides is 1. The van der Waals surface area contributed by atoms with Gasteiger partial charge in [0, 0.05) is 25.6 Å². The summed E-state index contributed by atoms with van der Waals surface area (Å²) in [6.07, 6.45) is 1.66. The molecule has 1 aromatic rings. The van der Waals surface area contributed by atoms with Gasteiger partial charge in [-0.25, -0.2) is 4.39 Å². The summed E-state index contributed by atoms with van der Waals surface area (Å²) in [5.41, 5.74) is 1.48. The van der Waals surface area contributed by atoms with Crippen molar-refractivity contribution in [2.75, 3.05) is 18.0 Å². The zero-order valence-corrected chi connectivity index (χ0v) is 12.6. The summed E-state index contributed by atoms with van der Waals surface area (Å²) in [5.74, 6) is -0.304. The number of para-hydroxylation sites is 1. The summed E-state index contributed by atoms with van der Waals surface area (Å²) in [6.45, 7) is 3.31. The van der Waals surface area contributed by atoms with Crippen LogP contribution in [-0.4, -0.2) is 36.9 Å². The standard InChI is InChI=1S/C16H20FN3O2/c1-11-10-15(22-19-11)16(21)18-12-6-8-20(9-7-12)14-5-3-2-4-13(14)17/h2-5,12,15H,6-10H2,1H3,(H,18,21)/t15-/m0/s1. The van der Waals surface area contributed by atoms with E-state index in [1.165, 1.54) is 6.07 Å². The number of rotatable bonds is 3. The molecule has 0 spiro atoms. The molecule has 0 saturated carbocycles. The number of anilines is 1. The van der Waals surface area contributed by atoms with Crippen molar-refractivity contribution in [2.24, 2.45) is 5.16 Å². The Morgan fingerprint density at radius 2 is 2.09 bits per heavy atom. The minimum absolute atomic E-state index is 0.107. The average molecular weight is 305 g/mol. The van der Waals surface area contributed by atoms with Gasteiger partial charge in [-0.2, -0.15) is 0 Å². The van der Waals surface area contributed by atoms with E-state index in [0.29, 0.717) is 12.1 Å². The number of hydrogen-bond donors (Lipinski definition) is 1. The largest absolute Gasteiger partial charge is 0.382 e. The molecule has 22 heavy (non-hydrogen) atoms. The number of carbonyl (C=O) groups is 1. The molecular weight excluding hydrogens is 285 g/mol. The first kappa shape index (κ1) is 14.8. The number of piperidine rings is 1. The van der Waals surface area contributed by atoms with E-state index in [9.17, 15) is 9.18 Å². The van der Waals surface area contributed by atoms with Crippen molar-refractivity contribution in [3.63, 3.8) is 0 Å². The van der Waals surface area contributed by atoms with Gasteiger partial charge in [-0.3, -0.25) is 4.79 Å². The smallest absolute Gasteiger partial charge is 0.264 e. The molecule has 1 N–H and O–H groups in total. The van der Waals surface area contributed by atoms with Crippen molar-refractivity contribution < 1.29 is 14.0 Å². The van der Waals surface area contributed by atoms with E-state index in [4.69, 9.17) is 4.84 Å². The second-order valence-corrected chi connectivity index (χ2v) is 5.85. The van der Waals surface area contributed by atoms with Crippen molar-refractivity contribution in [1.82, 2.24) is 5.32 Å². The van der Waals surface area contributed by atoms with Gasteiger partial charge in [0.15, 0.2) is 0 Å². The lowest BCUT2D eigenvalue weighted by atomic mass is 10.0. The lowest BCUT2D eigenvalue weighted by Gasteiger charge is -2.34. The van der Waals surface area contributed by atoms with Crippen LogP contribution in [0.25, 0.3) is 0 Å². The minimum Gasteiger partial charge on any atom is -0.382 e. The number of halogens is 1. The second kappa shape index (κ2) is 6.34. The van der Waals surface area contributed by atoms with E-state index in [1.54, 1.807) is 12.1 Å². The van der Waals surface area contributed by atoms with Crippen LogP contribution < -0.4 is 10.2 Å². The summed E-state index contributed by atoms with van der Waals surface area (Å²) in [5, 5.41) is 6.81. The van der Waals surface area contributed by atoms with Crippen molar-refractivity contribution in [3.05, 3.63) is 30.1 Å². The van der Waals surface area contributed by atoms with E-state index in [1.807, 2.05) is 17.9 Å². The van der Waals surface area contributed by atoms with E-state index in [0.717, 1.165) is 31.6 Å². The maximum absolute atomic E-state index is 13.8. The molecule has 1 amide bonds. The van der Waals surface area contributed by atoms with Crippen molar-refractivity contribution in [2.45, 2.75) is 38.3 Å². The molecule has 0 unspecified atom stereocenters. The van der Waals surface area contributed by atoms with E-state index in [2.05, 4.69) is 10.5 Å². The van der Waals surface area contributed by atoms with E-state index >= 15 is 0 Å². The molecule has 1 aromatic carbocycles. The summed E-state index contributed by atoms with van der Waals surface area (Å²) >= 11 is 0. The van der Waals surface area contributed by atoms with Gasteiger partial charge in [0.2, 0.25) is 6.10 Å². The van der Waals surface area contributed by atoms with Crippen LogP contribution in [0, 0.1) is 5.82 Å². The zero-order valence-electron chi connectivity index (χ0n) is 12.6. The molecule has 2 aliphatic heterocycles. The fourth-order valence-corrected chi connectivity index (χ4v) is 2.90. The molecule has 2 aliphatic rings. The van der Waals surface area contributed by atoms with Gasteiger partial charge >= 0.3 is 0 Å². The van der Waals surface area contributed by atoms with E-state index < -0.39 is 6.10 Å². The highest BCUT2D eigenvalue weighted by Gasteiger charge is 2.29. The molecule has 1 atom stereocenters. The van der Waals surface area contributed by atoms with Crippen LogP contribution in [0.2, 0.25) is 0 Å². The second-order valence-electron chi connectivity index (χ2n) is 5.85. The summed E-state index contributed by atoms with van der Waals surface area (Å²) < 4.78 is 13.8. The molecule has 6 heteroatoms. The van der Waals surface area contributed by atoms with Gasteiger partial charge in [-0.15, -0.1) is 0 Å². The van der Waals surface area contributed by atoms with Crippen LogP contribution in [-0.2, 0) is 9.63 Å². The summed E-state index contributed by atoms with van der Waals surface area (Å²) in [7, 11) is 0. The maximum Gasteiger partial charge on any atom is 0.264 e. The Kier molecular flexibility index (Phi) is 4.27. The summed E-state index contributed by atoms with van der Waals surface area (Å²) in [4.78, 5) is 19.2. The molecule has 0 aliphatic carbocycles. The third kappa shape index (κ3) is 3.21. The Labute approximate surface area is 129 Å². The lowest BCUT2D eigenvalue weighted by Crippen LogP contribution is -2.47. The predicted molar refractivity (Wildman–Crippen MR) is 82.4 cm³/mol. The Morgan fingerprint density at radius 1 is 1.36 bits per heavy atom. The SMILES string of the molecule is CC1=NO[C@H](C(=O)NC2CCN(c3ccccc3F)CC2)C1. The van der Waals surface area contributed by atoms with Crippen LogP contribution >= 0.6 is 0 Å². The quantitative estimate of drug-likeness (QED) is 0.930. The highest BCUT2D eigenvalue weighted by Crippen LogP contribution is 2.23. The van der Waals surface area contributed by atoms with Crippen LogP contribution in [0.1, 0.15) is 26.2 Å². The fraction of sp³-hybridized carbons (Fsp3) is 0.500. The highest BCUT2D eigenvalue weighted by molar-refractivity contribution is 5.91. The number of nitrogens with one attached hydrogen (secondary N) is 1. The first-order chi connectivity index (χ1) is 10.6. The van der Waals surface area contributed by atoms with Crippen molar-refractivity contribution in [1.29, 1.82) is 0 Å². The molecule has 0 bridgehead atoms.